The summed E-state index contributed by atoms with van der Waals surface area (Å²) >= 11 is 0. The first kappa shape index (κ1) is 17.8. The van der Waals surface area contributed by atoms with Crippen LogP contribution in [0, 0.1) is 0 Å². The number of ether oxygens (including phenoxy) is 1. The van der Waals surface area contributed by atoms with Gasteiger partial charge < -0.3 is 20.3 Å². The third-order valence-electron chi connectivity index (χ3n) is 4.44. The number of methoxy groups -OCH3 is 1. The van der Waals surface area contributed by atoms with Gasteiger partial charge in [-0.15, -0.1) is 0 Å². The largest absolute Gasteiger partial charge is 0.504 e. The summed E-state index contributed by atoms with van der Waals surface area (Å²) in [5.41, 5.74) is 1.39. The third-order valence-corrected chi connectivity index (χ3v) is 4.44. The average molecular weight is 357 g/mol. The van der Waals surface area contributed by atoms with Crippen molar-refractivity contribution in [2.45, 2.75) is 18.9 Å². The minimum Gasteiger partial charge on any atom is -0.504 e. The first-order valence-electron chi connectivity index (χ1n) is 8.34. The van der Waals surface area contributed by atoms with Crippen molar-refractivity contribution in [1.29, 1.82) is 0 Å². The van der Waals surface area contributed by atoms with Gasteiger partial charge in [0.15, 0.2) is 17.5 Å². The number of nitrogens with zero attached hydrogens (tertiary/aromatic N) is 1. The fourth-order valence-corrected chi connectivity index (χ4v) is 3.02. The highest BCUT2D eigenvalue weighted by molar-refractivity contribution is 6.21. The Morgan fingerprint density at radius 3 is 2.50 bits per heavy atom. The quantitative estimate of drug-likeness (QED) is 0.517. The molecule has 1 atom stereocenters. The standard InChI is InChI=1S/C19H20N2O5/c1-26-14-5-3-13(4-6-14)21-18(24)11-15(19(21)25)20-9-8-12-2-7-16(22)17(23)10-12/h2-7,10,15,20,22-23H,8-9,11H2,1H3/p+1/t15-/m1/s1. The summed E-state index contributed by atoms with van der Waals surface area (Å²) in [6, 6.07) is 11.0. The molecule has 0 spiro atoms. The van der Waals surface area contributed by atoms with Crippen molar-refractivity contribution in [3.8, 4) is 17.2 Å². The van der Waals surface area contributed by atoms with Gasteiger partial charge in [-0.3, -0.25) is 9.59 Å². The van der Waals surface area contributed by atoms with Crippen molar-refractivity contribution in [2.24, 2.45) is 0 Å². The van der Waals surface area contributed by atoms with Crippen LogP contribution < -0.4 is 15.0 Å². The lowest BCUT2D eigenvalue weighted by atomic mass is 10.1. The molecule has 26 heavy (non-hydrogen) atoms. The Morgan fingerprint density at radius 2 is 1.85 bits per heavy atom. The number of nitrogens with two attached hydrogens (primary N) is 1. The first-order chi connectivity index (χ1) is 12.5. The molecule has 2 aromatic carbocycles. The molecule has 1 aliphatic heterocycles. The van der Waals surface area contributed by atoms with Gasteiger partial charge in [0.1, 0.15) is 5.75 Å². The Morgan fingerprint density at radius 1 is 1.12 bits per heavy atom. The lowest BCUT2D eigenvalue weighted by Crippen LogP contribution is -2.92. The fourth-order valence-electron chi connectivity index (χ4n) is 3.02. The van der Waals surface area contributed by atoms with Crippen molar-refractivity contribution >= 4 is 17.5 Å². The maximum atomic E-state index is 12.6. The number of hydrogen-bond donors (Lipinski definition) is 3. The topological polar surface area (TPSA) is 104 Å². The summed E-state index contributed by atoms with van der Waals surface area (Å²) in [4.78, 5) is 26.1. The van der Waals surface area contributed by atoms with E-state index >= 15 is 0 Å². The Labute approximate surface area is 150 Å². The normalized spacial score (nSPS) is 17.0. The molecular formula is C19H21N2O5+. The predicted molar refractivity (Wildman–Crippen MR) is 94.2 cm³/mol. The summed E-state index contributed by atoms with van der Waals surface area (Å²) < 4.78 is 5.09. The monoisotopic (exact) mass is 357 g/mol. The number of benzene rings is 2. The maximum absolute atomic E-state index is 12.6. The number of phenols is 2. The van der Waals surface area contributed by atoms with Crippen LogP contribution >= 0.6 is 0 Å². The second-order valence-electron chi connectivity index (χ2n) is 6.17. The van der Waals surface area contributed by atoms with Gasteiger partial charge in [0.25, 0.3) is 5.91 Å². The molecule has 0 bridgehead atoms. The van der Waals surface area contributed by atoms with Crippen LogP contribution in [0.1, 0.15) is 12.0 Å². The Bertz CT molecular complexity index is 819. The van der Waals surface area contributed by atoms with Crippen LogP contribution in [-0.4, -0.2) is 41.7 Å². The Kier molecular flexibility index (Phi) is 5.09. The minimum atomic E-state index is -0.449. The molecule has 136 valence electrons. The summed E-state index contributed by atoms with van der Waals surface area (Å²) in [6.07, 6.45) is 0.764. The first-order valence-corrected chi connectivity index (χ1v) is 8.34. The number of hydrogen-bond acceptors (Lipinski definition) is 5. The van der Waals surface area contributed by atoms with Crippen molar-refractivity contribution in [1.82, 2.24) is 0 Å². The maximum Gasteiger partial charge on any atom is 0.292 e. The van der Waals surface area contributed by atoms with Gasteiger partial charge in [-0.1, -0.05) is 6.07 Å². The van der Waals surface area contributed by atoms with E-state index in [1.807, 2.05) is 5.32 Å². The second kappa shape index (κ2) is 7.45. The molecule has 1 heterocycles. The molecule has 7 heteroatoms. The molecule has 0 saturated carbocycles. The van der Waals surface area contributed by atoms with Crippen molar-refractivity contribution in [2.75, 3.05) is 18.6 Å². The van der Waals surface area contributed by atoms with E-state index in [0.29, 0.717) is 24.4 Å². The smallest absolute Gasteiger partial charge is 0.292 e. The number of rotatable bonds is 6. The number of carbonyl (C=O) groups excluding carboxylic acids is 2. The zero-order valence-electron chi connectivity index (χ0n) is 14.4. The van der Waals surface area contributed by atoms with E-state index in [1.165, 1.54) is 17.0 Å². The van der Waals surface area contributed by atoms with Crippen LogP contribution in [0.5, 0.6) is 17.2 Å². The second-order valence-corrected chi connectivity index (χ2v) is 6.17. The average Bonchev–Trinajstić information content (AvgIpc) is 2.92. The number of amides is 2. The Balaban J connectivity index is 1.60. The molecular weight excluding hydrogens is 336 g/mol. The van der Waals surface area contributed by atoms with E-state index in [2.05, 4.69) is 0 Å². The van der Waals surface area contributed by atoms with Gasteiger partial charge in [0, 0.05) is 6.42 Å². The zero-order valence-corrected chi connectivity index (χ0v) is 14.4. The predicted octanol–water partition coefficient (Wildman–Crippen LogP) is 0.544. The molecule has 1 aliphatic rings. The SMILES string of the molecule is COc1ccc(N2C(=O)C[C@@H]([NH2+]CCc3ccc(O)c(O)c3)C2=O)cc1. The third kappa shape index (κ3) is 3.62. The van der Waals surface area contributed by atoms with E-state index in [9.17, 15) is 19.8 Å². The highest BCUT2D eigenvalue weighted by atomic mass is 16.5. The number of quaternary nitrogens is 1. The molecule has 0 aromatic heterocycles. The van der Waals surface area contributed by atoms with E-state index < -0.39 is 6.04 Å². The summed E-state index contributed by atoms with van der Waals surface area (Å²) in [5, 5.41) is 20.7. The molecule has 2 aromatic rings. The summed E-state index contributed by atoms with van der Waals surface area (Å²) in [7, 11) is 1.56. The fraction of sp³-hybridized carbons (Fsp3) is 0.263. The van der Waals surface area contributed by atoms with E-state index in [-0.39, 0.29) is 29.7 Å². The van der Waals surface area contributed by atoms with Crippen molar-refractivity contribution in [3.63, 3.8) is 0 Å². The lowest BCUT2D eigenvalue weighted by Gasteiger charge is -2.14. The molecule has 4 N–H and O–H groups in total. The van der Waals surface area contributed by atoms with Crippen LogP contribution in [0.25, 0.3) is 0 Å². The molecule has 0 radical (unpaired) electrons. The van der Waals surface area contributed by atoms with Crippen LogP contribution in [-0.2, 0) is 16.0 Å². The molecule has 0 aliphatic carbocycles. The van der Waals surface area contributed by atoms with Gasteiger partial charge >= 0.3 is 0 Å². The van der Waals surface area contributed by atoms with Crippen molar-refractivity contribution < 1.29 is 29.9 Å². The highest BCUT2D eigenvalue weighted by Gasteiger charge is 2.42. The number of anilines is 1. The van der Waals surface area contributed by atoms with Crippen LogP contribution in [0.4, 0.5) is 5.69 Å². The molecule has 1 fully saturated rings. The lowest BCUT2D eigenvalue weighted by molar-refractivity contribution is -0.674. The molecule has 1 saturated heterocycles. The van der Waals surface area contributed by atoms with Gasteiger partial charge in [0.05, 0.1) is 25.8 Å². The summed E-state index contributed by atoms with van der Waals surface area (Å²) in [6.45, 7) is 0.588. The van der Waals surface area contributed by atoms with Gasteiger partial charge in [-0.25, -0.2) is 4.90 Å². The van der Waals surface area contributed by atoms with E-state index in [1.54, 1.807) is 37.4 Å². The zero-order chi connectivity index (χ0) is 18.7. The van der Waals surface area contributed by atoms with Crippen LogP contribution in [0.3, 0.4) is 0 Å². The molecule has 3 rings (SSSR count). The number of imide groups is 1. The Hall–Kier alpha value is -3.06. The van der Waals surface area contributed by atoms with E-state index in [4.69, 9.17) is 4.74 Å². The molecule has 2 amide bonds. The van der Waals surface area contributed by atoms with Crippen LogP contribution in [0.2, 0.25) is 0 Å². The van der Waals surface area contributed by atoms with Gasteiger partial charge in [-0.05, 0) is 42.0 Å². The number of aromatic hydroxyl groups is 2. The van der Waals surface area contributed by atoms with Gasteiger partial charge in [-0.2, -0.15) is 0 Å². The summed E-state index contributed by atoms with van der Waals surface area (Å²) in [5.74, 6) is -0.116. The molecule has 7 nitrogen and oxygen atoms in total. The number of carbonyl (C=O) groups is 2. The number of phenolic OH excluding ortho intramolecular Hbond substituents is 2. The minimum absolute atomic E-state index is 0.158. The van der Waals surface area contributed by atoms with Gasteiger partial charge in [0.2, 0.25) is 5.91 Å². The van der Waals surface area contributed by atoms with Crippen molar-refractivity contribution in [3.05, 3.63) is 48.0 Å². The van der Waals surface area contributed by atoms with E-state index in [0.717, 1.165) is 5.56 Å². The van der Waals surface area contributed by atoms with Crippen LogP contribution in [0.15, 0.2) is 42.5 Å². The highest BCUT2D eigenvalue weighted by Crippen LogP contribution is 2.25. The molecule has 0 unspecified atom stereocenters.